The van der Waals surface area contributed by atoms with Crippen molar-refractivity contribution in [2.45, 2.75) is 89.8 Å². The standard InChI is InChI=1S/C30H41NO9/c1-28-12-10-19(32)15-18(28)6-7-20-21-11-13-30(39,29(21,2)16-22(33)27(20)28)23(34)17-40-26(38)9-8-24(35)31-14-4-3-5-25(36)37/h10,12,15,20-22,27,33,39H,3-9,11,13-14,16-17H2,1-2H3,(H,31,35)(H,36,37)/t20-,21+,22-,27-,28-,29-,30-/m0/s1. The number of fused-ring (bicyclic) bond motifs is 5. The van der Waals surface area contributed by atoms with Crippen LogP contribution in [-0.2, 0) is 28.7 Å². The third-order valence-corrected chi connectivity index (χ3v) is 10.2. The molecule has 10 heteroatoms. The minimum atomic E-state index is -1.74. The largest absolute Gasteiger partial charge is 0.481 e. The van der Waals surface area contributed by atoms with E-state index >= 15 is 0 Å². The number of aliphatic carboxylic acids is 1. The van der Waals surface area contributed by atoms with Crippen LogP contribution in [0.3, 0.4) is 0 Å². The van der Waals surface area contributed by atoms with Crippen LogP contribution in [0.4, 0.5) is 0 Å². The number of allylic oxidation sites excluding steroid dienone is 4. The number of ketones is 2. The van der Waals surface area contributed by atoms with Gasteiger partial charge < -0.3 is 25.4 Å². The Kier molecular flexibility index (Phi) is 8.71. The summed E-state index contributed by atoms with van der Waals surface area (Å²) in [7, 11) is 0. The van der Waals surface area contributed by atoms with E-state index in [0.29, 0.717) is 25.8 Å². The molecule has 3 saturated carbocycles. The van der Waals surface area contributed by atoms with Gasteiger partial charge >= 0.3 is 11.9 Å². The zero-order chi connectivity index (χ0) is 29.3. The molecule has 220 valence electrons. The average Bonchev–Trinajstić information content (AvgIpc) is 3.16. The van der Waals surface area contributed by atoms with Crippen LogP contribution in [0.2, 0.25) is 0 Å². The number of ether oxygens (including phenoxy) is 1. The van der Waals surface area contributed by atoms with Gasteiger partial charge in [-0.05, 0) is 68.9 Å². The van der Waals surface area contributed by atoms with Crippen LogP contribution in [0.1, 0.15) is 78.1 Å². The summed E-state index contributed by atoms with van der Waals surface area (Å²) in [5.41, 5.74) is -2.04. The average molecular weight is 560 g/mol. The molecule has 0 saturated heterocycles. The normalized spacial score (nSPS) is 36.1. The van der Waals surface area contributed by atoms with Crippen LogP contribution in [0.5, 0.6) is 0 Å². The molecule has 0 aromatic rings. The Morgan fingerprint density at radius 1 is 1.10 bits per heavy atom. The second kappa shape index (κ2) is 11.6. The number of esters is 1. The highest BCUT2D eigenvalue weighted by molar-refractivity contribution is 6.01. The van der Waals surface area contributed by atoms with Crippen LogP contribution in [0.15, 0.2) is 23.8 Å². The van der Waals surface area contributed by atoms with Gasteiger partial charge in [0, 0.05) is 36.1 Å². The number of rotatable bonds is 11. The van der Waals surface area contributed by atoms with E-state index in [1.165, 1.54) is 0 Å². The van der Waals surface area contributed by atoms with Gasteiger partial charge in [-0.1, -0.05) is 25.5 Å². The van der Waals surface area contributed by atoms with Crippen molar-refractivity contribution < 1.29 is 44.0 Å². The molecule has 0 bridgehead atoms. The highest BCUT2D eigenvalue weighted by Gasteiger charge is 2.68. The lowest BCUT2D eigenvalue weighted by atomic mass is 9.46. The first-order valence-corrected chi connectivity index (χ1v) is 14.3. The quantitative estimate of drug-likeness (QED) is 0.219. The van der Waals surface area contributed by atoms with Crippen molar-refractivity contribution in [3.8, 4) is 0 Å². The molecular weight excluding hydrogens is 518 g/mol. The van der Waals surface area contributed by atoms with Crippen LogP contribution >= 0.6 is 0 Å². The second-order valence-corrected chi connectivity index (χ2v) is 12.4. The van der Waals surface area contributed by atoms with Crippen LogP contribution in [0, 0.1) is 28.6 Å². The summed E-state index contributed by atoms with van der Waals surface area (Å²) in [5, 5.41) is 34.4. The number of carboxylic acids is 1. The Hall–Kier alpha value is -2.85. The molecule has 7 atom stereocenters. The first-order chi connectivity index (χ1) is 18.8. The maximum atomic E-state index is 13.3. The molecule has 4 rings (SSSR count). The van der Waals surface area contributed by atoms with E-state index in [0.717, 1.165) is 18.4 Å². The molecule has 0 heterocycles. The number of carbonyl (C=O) groups excluding carboxylic acids is 4. The Bertz CT molecular complexity index is 1130. The van der Waals surface area contributed by atoms with Gasteiger partial charge in [-0.25, -0.2) is 0 Å². The van der Waals surface area contributed by atoms with Crippen LogP contribution in [0.25, 0.3) is 0 Å². The molecule has 40 heavy (non-hydrogen) atoms. The minimum absolute atomic E-state index is 0.00542. The van der Waals surface area contributed by atoms with E-state index in [9.17, 15) is 34.2 Å². The minimum Gasteiger partial charge on any atom is -0.481 e. The number of Topliss-reactive ketones (excluding diaryl/α,β-unsaturated/α-hetero) is 1. The number of carboxylic acid groups (broad SMARTS) is 1. The smallest absolute Gasteiger partial charge is 0.306 e. The highest BCUT2D eigenvalue weighted by atomic mass is 16.5. The molecule has 3 fully saturated rings. The van der Waals surface area contributed by atoms with Crippen molar-refractivity contribution in [2.24, 2.45) is 28.6 Å². The summed E-state index contributed by atoms with van der Waals surface area (Å²) in [6, 6.07) is 0. The fraction of sp³-hybridized carbons (Fsp3) is 0.700. The van der Waals surface area contributed by atoms with E-state index in [1.54, 1.807) is 12.2 Å². The molecule has 1 amide bonds. The van der Waals surface area contributed by atoms with Crippen molar-refractivity contribution in [2.75, 3.05) is 13.2 Å². The number of hydrogen-bond acceptors (Lipinski definition) is 8. The summed E-state index contributed by atoms with van der Waals surface area (Å²) in [6.07, 6.45) is 7.59. The van der Waals surface area contributed by atoms with Crippen molar-refractivity contribution in [1.29, 1.82) is 0 Å². The topological polar surface area (TPSA) is 167 Å². The summed E-state index contributed by atoms with van der Waals surface area (Å²) in [4.78, 5) is 60.0. The van der Waals surface area contributed by atoms with Gasteiger partial charge in [0.1, 0.15) is 5.60 Å². The predicted octanol–water partition coefficient (Wildman–Crippen LogP) is 2.26. The second-order valence-electron chi connectivity index (χ2n) is 12.4. The SMILES string of the molecule is C[C@]12C=CC(=O)C=C1CC[C@@H]1[C@H]2[C@@H](O)C[C@@]2(C)[C@@H]1CC[C@]2(O)C(=O)COC(=O)CCC(=O)NCCCCC(=O)O. The van der Waals surface area contributed by atoms with Crippen LogP contribution < -0.4 is 5.32 Å². The first-order valence-electron chi connectivity index (χ1n) is 14.3. The number of amides is 1. The number of unbranched alkanes of at least 4 members (excludes halogenated alkanes) is 1. The van der Waals surface area contributed by atoms with E-state index < -0.39 is 46.9 Å². The lowest BCUT2D eigenvalue weighted by Crippen LogP contribution is -2.61. The van der Waals surface area contributed by atoms with E-state index in [-0.39, 0.29) is 61.5 Å². The molecule has 4 aliphatic carbocycles. The third kappa shape index (κ3) is 5.52. The van der Waals surface area contributed by atoms with Crippen LogP contribution in [-0.4, -0.2) is 69.6 Å². The maximum Gasteiger partial charge on any atom is 0.306 e. The predicted molar refractivity (Wildman–Crippen MR) is 143 cm³/mol. The van der Waals surface area contributed by atoms with Gasteiger partial charge in [0.05, 0.1) is 12.5 Å². The highest BCUT2D eigenvalue weighted by Crippen LogP contribution is 2.67. The fourth-order valence-corrected chi connectivity index (χ4v) is 8.06. The van der Waals surface area contributed by atoms with Gasteiger partial charge in [-0.2, -0.15) is 0 Å². The summed E-state index contributed by atoms with van der Waals surface area (Å²) < 4.78 is 5.15. The van der Waals surface area contributed by atoms with Gasteiger partial charge in [0.2, 0.25) is 11.7 Å². The molecule has 0 unspecified atom stereocenters. The van der Waals surface area contributed by atoms with Crippen molar-refractivity contribution in [3.05, 3.63) is 23.8 Å². The maximum absolute atomic E-state index is 13.3. The molecule has 4 aliphatic rings. The Balaban J connectivity index is 1.32. The van der Waals surface area contributed by atoms with Gasteiger partial charge in [0.25, 0.3) is 0 Å². The Labute approximate surface area is 234 Å². The molecule has 0 spiro atoms. The fourth-order valence-electron chi connectivity index (χ4n) is 8.06. The van der Waals surface area contributed by atoms with E-state index in [4.69, 9.17) is 9.84 Å². The third-order valence-electron chi connectivity index (χ3n) is 10.2. The molecule has 0 radical (unpaired) electrons. The van der Waals surface area contributed by atoms with Crippen molar-refractivity contribution >= 4 is 29.4 Å². The summed E-state index contributed by atoms with van der Waals surface area (Å²) in [5.74, 6) is -2.67. The van der Waals surface area contributed by atoms with Gasteiger partial charge in [0.15, 0.2) is 12.4 Å². The zero-order valence-corrected chi connectivity index (χ0v) is 23.3. The number of aliphatic hydroxyl groups excluding tert-OH is 1. The van der Waals surface area contributed by atoms with Crippen molar-refractivity contribution in [3.63, 3.8) is 0 Å². The lowest BCUT2D eigenvalue weighted by molar-refractivity contribution is -0.181. The number of hydrogen-bond donors (Lipinski definition) is 4. The lowest BCUT2D eigenvalue weighted by Gasteiger charge is -2.59. The molecule has 4 N–H and O–H groups in total. The monoisotopic (exact) mass is 559 g/mol. The van der Waals surface area contributed by atoms with E-state index in [2.05, 4.69) is 12.2 Å². The molecule has 0 aromatic heterocycles. The number of aliphatic hydroxyl groups is 2. The summed E-state index contributed by atoms with van der Waals surface area (Å²) in [6.45, 7) is 3.63. The van der Waals surface area contributed by atoms with Gasteiger partial charge in [-0.15, -0.1) is 0 Å². The molecule has 0 aliphatic heterocycles. The molecule has 0 aromatic carbocycles. The number of carbonyl (C=O) groups is 5. The Morgan fingerprint density at radius 3 is 2.58 bits per heavy atom. The first kappa shape index (κ1) is 30.1. The number of nitrogens with one attached hydrogen (secondary N) is 1. The zero-order valence-electron chi connectivity index (χ0n) is 23.3. The van der Waals surface area contributed by atoms with E-state index in [1.807, 2.05) is 13.0 Å². The molecule has 10 nitrogen and oxygen atoms in total. The van der Waals surface area contributed by atoms with Crippen molar-refractivity contribution in [1.82, 2.24) is 5.32 Å². The van der Waals surface area contributed by atoms with Gasteiger partial charge in [-0.3, -0.25) is 24.0 Å². The molecular formula is C30H41NO9. The Morgan fingerprint density at radius 2 is 1.85 bits per heavy atom. The summed E-state index contributed by atoms with van der Waals surface area (Å²) >= 11 is 0.